The molecule has 24 heavy (non-hydrogen) atoms. The van der Waals surface area contributed by atoms with Crippen LogP contribution in [0.1, 0.15) is 21.6 Å². The number of anilines is 1. The lowest BCUT2D eigenvalue weighted by Gasteiger charge is -2.07. The lowest BCUT2D eigenvalue weighted by molar-refractivity contribution is 0.102. The second-order valence-corrected chi connectivity index (χ2v) is 5.66. The van der Waals surface area contributed by atoms with E-state index in [9.17, 15) is 4.79 Å². The first-order valence-corrected chi connectivity index (χ1v) is 8.10. The maximum atomic E-state index is 12.2. The summed E-state index contributed by atoms with van der Waals surface area (Å²) in [5.74, 6) is 0.433. The molecule has 3 rings (SSSR count). The van der Waals surface area contributed by atoms with E-state index in [1.54, 1.807) is 54.0 Å². The summed E-state index contributed by atoms with van der Waals surface area (Å²) in [4.78, 5) is 16.4. The molecule has 0 bridgehead atoms. The number of hydrogen-bond donors (Lipinski definition) is 1. The molecular formula is C18H13N3O2S. The first kappa shape index (κ1) is 15.7. The van der Waals surface area contributed by atoms with E-state index in [0.717, 1.165) is 5.69 Å². The molecule has 0 aliphatic carbocycles. The minimum atomic E-state index is -0.240. The number of amides is 1. The topological polar surface area (TPSA) is 75.0 Å². The van der Waals surface area contributed by atoms with Gasteiger partial charge in [-0.25, -0.2) is 4.98 Å². The van der Waals surface area contributed by atoms with Crippen LogP contribution in [-0.2, 0) is 6.61 Å². The molecule has 1 heterocycles. The number of nitrogens with zero attached hydrogens (tertiary/aromatic N) is 2. The molecule has 0 fully saturated rings. The van der Waals surface area contributed by atoms with Gasteiger partial charge in [-0.1, -0.05) is 6.07 Å². The standard InChI is InChI=1S/C18H13N3O2S/c19-9-13-2-1-3-15(8-13)21-18(22)14-4-6-17(7-5-14)23-10-16-11-24-12-20-16/h1-8,11-12H,10H2,(H,21,22). The molecule has 0 saturated carbocycles. The molecule has 0 atom stereocenters. The van der Waals surface area contributed by atoms with E-state index < -0.39 is 0 Å². The number of nitriles is 1. The highest BCUT2D eigenvalue weighted by Crippen LogP contribution is 2.16. The lowest BCUT2D eigenvalue weighted by atomic mass is 10.2. The zero-order valence-corrected chi connectivity index (χ0v) is 13.4. The van der Waals surface area contributed by atoms with E-state index in [-0.39, 0.29) is 5.91 Å². The highest BCUT2D eigenvalue weighted by atomic mass is 32.1. The number of carbonyl (C=O) groups is 1. The Labute approximate surface area is 143 Å². The quantitative estimate of drug-likeness (QED) is 0.768. The van der Waals surface area contributed by atoms with Crippen molar-refractivity contribution in [2.75, 3.05) is 5.32 Å². The van der Waals surface area contributed by atoms with Crippen LogP contribution in [0.5, 0.6) is 5.75 Å². The van der Waals surface area contributed by atoms with E-state index in [4.69, 9.17) is 10.00 Å². The SMILES string of the molecule is N#Cc1cccc(NC(=O)c2ccc(OCc3cscn3)cc2)c1. The predicted octanol–water partition coefficient (Wildman–Crippen LogP) is 3.85. The van der Waals surface area contributed by atoms with Crippen LogP contribution in [0, 0.1) is 11.3 Å². The Kier molecular flexibility index (Phi) is 4.84. The van der Waals surface area contributed by atoms with Gasteiger partial charge in [-0.05, 0) is 42.5 Å². The van der Waals surface area contributed by atoms with E-state index in [0.29, 0.717) is 29.2 Å². The van der Waals surface area contributed by atoms with Crippen molar-refractivity contribution in [1.29, 1.82) is 5.26 Å². The molecule has 5 nitrogen and oxygen atoms in total. The van der Waals surface area contributed by atoms with Crippen molar-refractivity contribution in [2.24, 2.45) is 0 Å². The van der Waals surface area contributed by atoms with Crippen molar-refractivity contribution in [3.05, 3.63) is 76.2 Å². The Hall–Kier alpha value is -3.17. The minimum absolute atomic E-state index is 0.240. The third-order valence-corrected chi connectivity index (χ3v) is 3.87. The number of rotatable bonds is 5. The van der Waals surface area contributed by atoms with Crippen molar-refractivity contribution in [2.45, 2.75) is 6.61 Å². The molecule has 1 amide bonds. The van der Waals surface area contributed by atoms with Crippen LogP contribution >= 0.6 is 11.3 Å². The molecular weight excluding hydrogens is 322 g/mol. The number of hydrogen-bond acceptors (Lipinski definition) is 5. The maximum absolute atomic E-state index is 12.2. The van der Waals surface area contributed by atoms with Gasteiger partial charge in [0, 0.05) is 16.6 Å². The first-order valence-electron chi connectivity index (χ1n) is 7.16. The number of benzene rings is 2. The van der Waals surface area contributed by atoms with Crippen LogP contribution in [0.4, 0.5) is 5.69 Å². The predicted molar refractivity (Wildman–Crippen MR) is 92.0 cm³/mol. The third kappa shape index (κ3) is 3.97. The van der Waals surface area contributed by atoms with Gasteiger partial charge in [-0.2, -0.15) is 5.26 Å². The Bertz CT molecular complexity index is 868. The highest BCUT2D eigenvalue weighted by Gasteiger charge is 2.07. The fourth-order valence-corrected chi connectivity index (χ4v) is 2.58. The van der Waals surface area contributed by atoms with Gasteiger partial charge in [-0.3, -0.25) is 4.79 Å². The molecule has 2 aromatic carbocycles. The van der Waals surface area contributed by atoms with Crippen molar-refractivity contribution in [3.8, 4) is 11.8 Å². The Morgan fingerprint density at radius 1 is 1.25 bits per heavy atom. The second kappa shape index (κ2) is 7.40. The van der Waals surface area contributed by atoms with Gasteiger partial charge >= 0.3 is 0 Å². The molecule has 3 aromatic rings. The maximum Gasteiger partial charge on any atom is 0.255 e. The Morgan fingerprint density at radius 2 is 2.08 bits per heavy atom. The Balaban J connectivity index is 1.62. The van der Waals surface area contributed by atoms with Crippen molar-refractivity contribution in [1.82, 2.24) is 4.98 Å². The molecule has 118 valence electrons. The molecule has 0 aliphatic rings. The lowest BCUT2D eigenvalue weighted by Crippen LogP contribution is -2.11. The van der Waals surface area contributed by atoms with E-state index in [2.05, 4.69) is 10.3 Å². The smallest absolute Gasteiger partial charge is 0.255 e. The van der Waals surface area contributed by atoms with Gasteiger partial charge in [0.2, 0.25) is 0 Å². The number of carbonyl (C=O) groups excluding carboxylic acids is 1. The van der Waals surface area contributed by atoms with Crippen LogP contribution < -0.4 is 10.1 Å². The molecule has 6 heteroatoms. The Morgan fingerprint density at radius 3 is 2.79 bits per heavy atom. The van der Waals surface area contributed by atoms with E-state index in [1.807, 2.05) is 11.4 Å². The van der Waals surface area contributed by atoms with Crippen molar-refractivity contribution >= 4 is 22.9 Å². The van der Waals surface area contributed by atoms with Crippen molar-refractivity contribution < 1.29 is 9.53 Å². The minimum Gasteiger partial charge on any atom is -0.487 e. The summed E-state index contributed by atoms with van der Waals surface area (Å²) < 4.78 is 5.61. The average Bonchev–Trinajstić information content (AvgIpc) is 3.14. The summed E-state index contributed by atoms with van der Waals surface area (Å²) in [6, 6.07) is 15.7. The highest BCUT2D eigenvalue weighted by molar-refractivity contribution is 7.07. The summed E-state index contributed by atoms with van der Waals surface area (Å²) in [5, 5.41) is 13.6. The van der Waals surface area contributed by atoms with Crippen molar-refractivity contribution in [3.63, 3.8) is 0 Å². The number of nitrogens with one attached hydrogen (secondary N) is 1. The third-order valence-electron chi connectivity index (χ3n) is 3.24. The zero-order chi connectivity index (χ0) is 16.8. The van der Waals surface area contributed by atoms with Gasteiger partial charge in [0.05, 0.1) is 22.8 Å². The molecule has 1 aromatic heterocycles. The normalized spacial score (nSPS) is 9.96. The van der Waals surface area contributed by atoms with Crippen LogP contribution in [0.25, 0.3) is 0 Å². The summed E-state index contributed by atoms with van der Waals surface area (Å²) in [5.41, 5.74) is 4.23. The molecule has 0 saturated heterocycles. The summed E-state index contributed by atoms with van der Waals surface area (Å²) in [7, 11) is 0. The largest absolute Gasteiger partial charge is 0.487 e. The van der Waals surface area contributed by atoms with Gasteiger partial charge in [0.25, 0.3) is 5.91 Å². The number of ether oxygens (including phenoxy) is 1. The van der Waals surface area contributed by atoms with Gasteiger partial charge < -0.3 is 10.1 Å². The number of thiazole rings is 1. The van der Waals surface area contributed by atoms with Gasteiger partial charge in [0.15, 0.2) is 0 Å². The zero-order valence-electron chi connectivity index (χ0n) is 12.6. The molecule has 0 aliphatic heterocycles. The van der Waals surface area contributed by atoms with E-state index >= 15 is 0 Å². The fraction of sp³-hybridized carbons (Fsp3) is 0.0556. The van der Waals surface area contributed by atoms with Gasteiger partial charge in [-0.15, -0.1) is 11.3 Å². The van der Waals surface area contributed by atoms with Crippen LogP contribution in [0.15, 0.2) is 59.4 Å². The summed E-state index contributed by atoms with van der Waals surface area (Å²) >= 11 is 1.52. The van der Waals surface area contributed by atoms with Crippen LogP contribution in [-0.4, -0.2) is 10.9 Å². The first-order chi connectivity index (χ1) is 11.7. The number of aromatic nitrogens is 1. The second-order valence-electron chi connectivity index (χ2n) is 4.94. The van der Waals surface area contributed by atoms with Gasteiger partial charge in [0.1, 0.15) is 12.4 Å². The molecule has 0 spiro atoms. The molecule has 0 unspecified atom stereocenters. The summed E-state index contributed by atoms with van der Waals surface area (Å²) in [6.07, 6.45) is 0. The average molecular weight is 335 g/mol. The molecule has 0 radical (unpaired) electrons. The van der Waals surface area contributed by atoms with E-state index in [1.165, 1.54) is 11.3 Å². The summed E-state index contributed by atoms with van der Waals surface area (Å²) in [6.45, 7) is 0.399. The van der Waals surface area contributed by atoms with Crippen LogP contribution in [0.2, 0.25) is 0 Å². The monoisotopic (exact) mass is 335 g/mol. The fourth-order valence-electron chi connectivity index (χ4n) is 2.04. The van der Waals surface area contributed by atoms with Crippen LogP contribution in [0.3, 0.4) is 0 Å². The molecule has 1 N–H and O–H groups in total.